The van der Waals surface area contributed by atoms with E-state index in [1.54, 1.807) is 0 Å². The van der Waals surface area contributed by atoms with E-state index in [4.69, 9.17) is 5.73 Å². The second kappa shape index (κ2) is 6.55. The summed E-state index contributed by atoms with van der Waals surface area (Å²) in [4.78, 5) is 11.9. The number of nitrogens with two attached hydrogens (primary N) is 1. The number of amides is 1. The van der Waals surface area contributed by atoms with Crippen LogP contribution < -0.4 is 11.1 Å². The number of hydrogen-bond donors (Lipinski definition) is 2. The fourth-order valence-corrected chi connectivity index (χ4v) is 1.90. The first-order chi connectivity index (χ1) is 8.40. The van der Waals surface area contributed by atoms with Crippen molar-refractivity contribution in [1.29, 1.82) is 0 Å². The molecule has 0 radical (unpaired) electrons. The van der Waals surface area contributed by atoms with E-state index in [0.29, 0.717) is 18.0 Å². The van der Waals surface area contributed by atoms with Gasteiger partial charge in [0, 0.05) is 18.2 Å². The van der Waals surface area contributed by atoms with E-state index in [-0.39, 0.29) is 11.9 Å². The molecule has 18 heavy (non-hydrogen) atoms. The quantitative estimate of drug-likeness (QED) is 0.840. The molecule has 0 spiro atoms. The normalized spacial score (nSPS) is 12.6. The maximum absolute atomic E-state index is 11.9. The van der Waals surface area contributed by atoms with Crippen molar-refractivity contribution in [1.82, 2.24) is 5.32 Å². The van der Waals surface area contributed by atoms with Crippen LogP contribution in [-0.2, 0) is 0 Å². The third-order valence-corrected chi connectivity index (χ3v) is 3.07. The van der Waals surface area contributed by atoms with Crippen LogP contribution in [0.15, 0.2) is 18.2 Å². The average molecular weight is 248 g/mol. The average Bonchev–Trinajstić information content (AvgIpc) is 2.28. The zero-order valence-corrected chi connectivity index (χ0v) is 11.8. The summed E-state index contributed by atoms with van der Waals surface area (Å²) in [6.45, 7) is 8.84. The maximum Gasteiger partial charge on any atom is 0.251 e. The molecular weight excluding hydrogens is 224 g/mol. The first kappa shape index (κ1) is 14.7. The van der Waals surface area contributed by atoms with Crippen LogP contribution in [0, 0.1) is 19.8 Å². The van der Waals surface area contributed by atoms with Gasteiger partial charge >= 0.3 is 0 Å². The van der Waals surface area contributed by atoms with Gasteiger partial charge in [-0.2, -0.15) is 0 Å². The largest absolute Gasteiger partial charge is 0.350 e. The van der Waals surface area contributed by atoms with Crippen LogP contribution in [0.3, 0.4) is 0 Å². The number of aryl methyl sites for hydroxylation is 2. The van der Waals surface area contributed by atoms with Crippen LogP contribution >= 0.6 is 0 Å². The van der Waals surface area contributed by atoms with Crippen LogP contribution in [0.1, 0.15) is 41.8 Å². The van der Waals surface area contributed by atoms with Gasteiger partial charge in [-0.15, -0.1) is 0 Å². The minimum absolute atomic E-state index is 0.0282. The first-order valence-electron chi connectivity index (χ1n) is 6.51. The third-order valence-electron chi connectivity index (χ3n) is 3.07. The van der Waals surface area contributed by atoms with Gasteiger partial charge in [0.15, 0.2) is 0 Å². The van der Waals surface area contributed by atoms with E-state index in [9.17, 15) is 4.79 Å². The molecule has 0 heterocycles. The number of hydrogen-bond acceptors (Lipinski definition) is 2. The van der Waals surface area contributed by atoms with Crippen molar-refractivity contribution in [2.45, 2.75) is 40.2 Å². The zero-order chi connectivity index (χ0) is 13.7. The van der Waals surface area contributed by atoms with Crippen molar-refractivity contribution in [3.63, 3.8) is 0 Å². The Morgan fingerprint density at radius 1 is 1.28 bits per heavy atom. The van der Waals surface area contributed by atoms with E-state index < -0.39 is 0 Å². The highest BCUT2D eigenvalue weighted by Crippen LogP contribution is 2.09. The van der Waals surface area contributed by atoms with Gasteiger partial charge in [-0.25, -0.2) is 0 Å². The Bertz CT molecular complexity index is 413. The fourth-order valence-electron chi connectivity index (χ4n) is 1.90. The lowest BCUT2D eigenvalue weighted by atomic mass is 10.0. The third kappa shape index (κ3) is 4.49. The Balaban J connectivity index is 2.52. The van der Waals surface area contributed by atoms with E-state index in [1.807, 2.05) is 32.0 Å². The van der Waals surface area contributed by atoms with Gasteiger partial charge in [-0.3, -0.25) is 4.79 Å². The molecule has 1 atom stereocenters. The fraction of sp³-hybridized carbons (Fsp3) is 0.533. The van der Waals surface area contributed by atoms with Crippen molar-refractivity contribution in [3.8, 4) is 0 Å². The molecule has 3 heteroatoms. The number of carbonyl (C=O) groups is 1. The van der Waals surface area contributed by atoms with Gasteiger partial charge in [0.05, 0.1) is 0 Å². The van der Waals surface area contributed by atoms with Crippen molar-refractivity contribution in [2.24, 2.45) is 11.7 Å². The highest BCUT2D eigenvalue weighted by Gasteiger charge is 2.10. The minimum atomic E-state index is -0.0442. The van der Waals surface area contributed by atoms with Crippen LogP contribution in [0.5, 0.6) is 0 Å². The molecule has 0 saturated carbocycles. The van der Waals surface area contributed by atoms with Gasteiger partial charge in [-0.05, 0) is 49.4 Å². The molecule has 3 nitrogen and oxygen atoms in total. The Kier molecular flexibility index (Phi) is 5.35. The summed E-state index contributed by atoms with van der Waals surface area (Å²) >= 11 is 0. The molecule has 0 fully saturated rings. The topological polar surface area (TPSA) is 55.1 Å². The Labute approximate surface area is 110 Å². The molecule has 0 saturated heterocycles. The molecule has 3 N–H and O–H groups in total. The molecule has 1 rings (SSSR count). The predicted molar refractivity (Wildman–Crippen MR) is 75.7 cm³/mol. The predicted octanol–water partition coefficient (Wildman–Crippen LogP) is 2.41. The summed E-state index contributed by atoms with van der Waals surface area (Å²) in [5.41, 5.74) is 8.97. The van der Waals surface area contributed by atoms with Crippen molar-refractivity contribution in [3.05, 3.63) is 34.9 Å². The number of rotatable bonds is 5. The maximum atomic E-state index is 11.9. The Morgan fingerprint density at radius 3 is 2.50 bits per heavy atom. The van der Waals surface area contributed by atoms with E-state index in [2.05, 4.69) is 19.2 Å². The highest BCUT2D eigenvalue weighted by atomic mass is 16.1. The highest BCUT2D eigenvalue weighted by molar-refractivity contribution is 5.94. The molecule has 1 aromatic carbocycles. The van der Waals surface area contributed by atoms with E-state index >= 15 is 0 Å². The van der Waals surface area contributed by atoms with E-state index in [1.165, 1.54) is 5.56 Å². The molecule has 0 aliphatic carbocycles. The molecular formula is C15H24N2O. The Morgan fingerprint density at radius 2 is 1.94 bits per heavy atom. The van der Waals surface area contributed by atoms with Crippen LogP contribution in [0.25, 0.3) is 0 Å². The summed E-state index contributed by atoms with van der Waals surface area (Å²) in [6.07, 6.45) is 0.924. The molecule has 100 valence electrons. The number of benzene rings is 1. The lowest BCUT2D eigenvalue weighted by molar-refractivity contribution is 0.0950. The summed E-state index contributed by atoms with van der Waals surface area (Å²) < 4.78 is 0. The standard InChI is InChI=1S/C15H24N2O/c1-10(2)7-14(16)9-17-15(18)13-6-5-11(3)12(4)8-13/h5-6,8,10,14H,7,9,16H2,1-4H3,(H,17,18). The SMILES string of the molecule is Cc1ccc(C(=O)NCC(N)CC(C)C)cc1C. The summed E-state index contributed by atoms with van der Waals surface area (Å²) in [5, 5.41) is 2.89. The summed E-state index contributed by atoms with van der Waals surface area (Å²) in [5.74, 6) is 0.510. The smallest absolute Gasteiger partial charge is 0.251 e. The van der Waals surface area contributed by atoms with Gasteiger partial charge in [0.1, 0.15) is 0 Å². The lowest BCUT2D eigenvalue weighted by Gasteiger charge is -2.15. The molecule has 1 amide bonds. The number of nitrogens with one attached hydrogen (secondary N) is 1. The first-order valence-corrected chi connectivity index (χ1v) is 6.51. The van der Waals surface area contributed by atoms with Crippen molar-refractivity contribution >= 4 is 5.91 Å². The van der Waals surface area contributed by atoms with Gasteiger partial charge < -0.3 is 11.1 Å². The lowest BCUT2D eigenvalue weighted by Crippen LogP contribution is -2.38. The molecule has 1 unspecified atom stereocenters. The monoisotopic (exact) mass is 248 g/mol. The zero-order valence-electron chi connectivity index (χ0n) is 11.8. The van der Waals surface area contributed by atoms with Gasteiger partial charge in [-0.1, -0.05) is 19.9 Å². The van der Waals surface area contributed by atoms with Gasteiger partial charge in [0.25, 0.3) is 5.91 Å². The second-order valence-electron chi connectivity index (χ2n) is 5.40. The van der Waals surface area contributed by atoms with Gasteiger partial charge in [0.2, 0.25) is 0 Å². The summed E-state index contributed by atoms with van der Waals surface area (Å²) in [6, 6.07) is 5.77. The van der Waals surface area contributed by atoms with Crippen LogP contribution in [0.2, 0.25) is 0 Å². The van der Waals surface area contributed by atoms with Crippen LogP contribution in [0.4, 0.5) is 0 Å². The molecule has 0 aliphatic rings. The minimum Gasteiger partial charge on any atom is -0.350 e. The molecule has 0 aromatic heterocycles. The molecule has 1 aromatic rings. The summed E-state index contributed by atoms with van der Waals surface area (Å²) in [7, 11) is 0. The molecule has 0 bridgehead atoms. The van der Waals surface area contributed by atoms with Crippen molar-refractivity contribution < 1.29 is 4.79 Å². The Hall–Kier alpha value is -1.35. The number of carbonyl (C=O) groups excluding carboxylic acids is 1. The van der Waals surface area contributed by atoms with Crippen molar-refractivity contribution in [2.75, 3.05) is 6.54 Å². The van der Waals surface area contributed by atoms with Crippen LogP contribution in [-0.4, -0.2) is 18.5 Å². The second-order valence-corrected chi connectivity index (χ2v) is 5.40. The van der Waals surface area contributed by atoms with E-state index in [0.717, 1.165) is 12.0 Å². The molecule has 0 aliphatic heterocycles.